The molecule has 2 atom stereocenters. The van der Waals surface area contributed by atoms with Crippen LogP contribution in [0.3, 0.4) is 0 Å². The van der Waals surface area contributed by atoms with E-state index in [4.69, 9.17) is 4.74 Å². The summed E-state index contributed by atoms with van der Waals surface area (Å²) in [5, 5.41) is 3.66. The van der Waals surface area contributed by atoms with Gasteiger partial charge in [0.25, 0.3) is 0 Å². The topological polar surface area (TPSA) is 21.3 Å². The lowest BCUT2D eigenvalue weighted by molar-refractivity contribution is 0.197. The summed E-state index contributed by atoms with van der Waals surface area (Å²) in [5.74, 6) is 2.58. The van der Waals surface area contributed by atoms with Crippen LogP contribution in [0.2, 0.25) is 0 Å². The standard InChI is InChI=1S/C18H27NO/c1-13(2)19-12-18(3,15-8-9-15)10-14-11-20-17-7-5-4-6-16(14)17/h4-7,13-15,19H,8-12H2,1-3H3. The van der Waals surface area contributed by atoms with E-state index in [0.717, 1.165) is 24.8 Å². The minimum Gasteiger partial charge on any atom is -0.493 e. The first-order valence-electron chi connectivity index (χ1n) is 8.03. The van der Waals surface area contributed by atoms with E-state index in [2.05, 4.69) is 50.4 Å². The van der Waals surface area contributed by atoms with Crippen molar-refractivity contribution >= 4 is 0 Å². The lowest BCUT2D eigenvalue weighted by atomic mass is 9.75. The van der Waals surface area contributed by atoms with Crippen molar-refractivity contribution in [2.45, 2.75) is 52.0 Å². The van der Waals surface area contributed by atoms with Crippen molar-refractivity contribution in [3.63, 3.8) is 0 Å². The summed E-state index contributed by atoms with van der Waals surface area (Å²) in [5.41, 5.74) is 1.83. The molecule has 2 aliphatic rings. The predicted octanol–water partition coefficient (Wildman–Crippen LogP) is 3.97. The Bertz CT molecular complexity index is 466. The molecule has 0 saturated heterocycles. The molecule has 0 radical (unpaired) electrons. The van der Waals surface area contributed by atoms with Crippen LogP contribution in [0.4, 0.5) is 0 Å². The van der Waals surface area contributed by atoms with Gasteiger partial charge in [0.2, 0.25) is 0 Å². The van der Waals surface area contributed by atoms with Crippen LogP contribution in [-0.4, -0.2) is 19.2 Å². The van der Waals surface area contributed by atoms with Crippen molar-refractivity contribution < 1.29 is 4.74 Å². The summed E-state index contributed by atoms with van der Waals surface area (Å²) in [6, 6.07) is 9.13. The molecule has 0 aromatic heterocycles. The van der Waals surface area contributed by atoms with Gasteiger partial charge in [0.1, 0.15) is 5.75 Å². The fourth-order valence-corrected chi connectivity index (χ4v) is 3.56. The number of fused-ring (bicyclic) bond motifs is 1. The number of hydrogen-bond donors (Lipinski definition) is 1. The number of ether oxygens (including phenoxy) is 1. The number of benzene rings is 1. The van der Waals surface area contributed by atoms with Gasteiger partial charge in [-0.2, -0.15) is 0 Å². The summed E-state index contributed by atoms with van der Waals surface area (Å²) in [7, 11) is 0. The van der Waals surface area contributed by atoms with E-state index in [9.17, 15) is 0 Å². The predicted molar refractivity (Wildman–Crippen MR) is 83.3 cm³/mol. The zero-order valence-electron chi connectivity index (χ0n) is 13.0. The summed E-state index contributed by atoms with van der Waals surface area (Å²) in [6.07, 6.45) is 4.06. The van der Waals surface area contributed by atoms with E-state index in [1.54, 1.807) is 0 Å². The van der Waals surface area contributed by atoms with Crippen LogP contribution < -0.4 is 10.1 Å². The minimum atomic E-state index is 0.412. The first-order valence-corrected chi connectivity index (χ1v) is 8.03. The largest absolute Gasteiger partial charge is 0.493 e. The Balaban J connectivity index is 1.71. The highest BCUT2D eigenvalue weighted by molar-refractivity contribution is 5.39. The zero-order valence-corrected chi connectivity index (χ0v) is 13.0. The van der Waals surface area contributed by atoms with Crippen LogP contribution in [0.25, 0.3) is 0 Å². The summed E-state index contributed by atoms with van der Waals surface area (Å²) in [4.78, 5) is 0. The molecule has 1 aromatic rings. The van der Waals surface area contributed by atoms with Gasteiger partial charge in [-0.3, -0.25) is 0 Å². The SMILES string of the molecule is CC(C)NCC(C)(CC1COc2ccccc21)C1CC1. The second kappa shape index (κ2) is 5.40. The highest BCUT2D eigenvalue weighted by atomic mass is 16.5. The molecule has 0 spiro atoms. The van der Waals surface area contributed by atoms with Gasteiger partial charge < -0.3 is 10.1 Å². The molecular weight excluding hydrogens is 246 g/mol. The average Bonchev–Trinajstić information content (AvgIpc) is 3.22. The van der Waals surface area contributed by atoms with Crippen LogP contribution in [0, 0.1) is 11.3 Å². The fourth-order valence-electron chi connectivity index (χ4n) is 3.56. The van der Waals surface area contributed by atoms with Gasteiger partial charge in [-0.1, -0.05) is 39.0 Å². The van der Waals surface area contributed by atoms with Crippen molar-refractivity contribution in [3.05, 3.63) is 29.8 Å². The van der Waals surface area contributed by atoms with Gasteiger partial charge in [-0.15, -0.1) is 0 Å². The van der Waals surface area contributed by atoms with Gasteiger partial charge in [-0.25, -0.2) is 0 Å². The minimum absolute atomic E-state index is 0.412. The Kier molecular flexibility index (Phi) is 3.76. The van der Waals surface area contributed by atoms with Crippen molar-refractivity contribution in [2.75, 3.05) is 13.2 Å². The second-order valence-corrected chi connectivity index (χ2v) is 7.21. The van der Waals surface area contributed by atoms with E-state index in [-0.39, 0.29) is 0 Å². The second-order valence-electron chi connectivity index (χ2n) is 7.21. The van der Waals surface area contributed by atoms with E-state index in [0.29, 0.717) is 17.4 Å². The number of hydrogen-bond acceptors (Lipinski definition) is 2. The Morgan fingerprint density at radius 2 is 2.05 bits per heavy atom. The Morgan fingerprint density at radius 1 is 1.30 bits per heavy atom. The Labute approximate surface area is 122 Å². The molecule has 0 bridgehead atoms. The molecule has 110 valence electrons. The van der Waals surface area contributed by atoms with Crippen molar-refractivity contribution in [1.82, 2.24) is 5.32 Å². The molecular formula is C18H27NO. The van der Waals surface area contributed by atoms with Crippen molar-refractivity contribution in [3.8, 4) is 5.75 Å². The Morgan fingerprint density at radius 3 is 2.75 bits per heavy atom. The van der Waals surface area contributed by atoms with E-state index in [1.807, 2.05) is 0 Å². The fraction of sp³-hybridized carbons (Fsp3) is 0.667. The van der Waals surface area contributed by atoms with Gasteiger partial charge in [0.15, 0.2) is 0 Å². The van der Waals surface area contributed by atoms with Crippen LogP contribution in [0.15, 0.2) is 24.3 Å². The third-order valence-electron chi connectivity index (χ3n) is 4.99. The van der Waals surface area contributed by atoms with Crippen LogP contribution >= 0.6 is 0 Å². The lowest BCUT2D eigenvalue weighted by Crippen LogP contribution is -2.38. The molecule has 1 saturated carbocycles. The van der Waals surface area contributed by atoms with Gasteiger partial charge in [-0.05, 0) is 36.7 Å². The molecule has 2 unspecified atom stereocenters. The first kappa shape index (κ1) is 13.9. The van der Waals surface area contributed by atoms with E-state index >= 15 is 0 Å². The molecule has 0 amide bonds. The van der Waals surface area contributed by atoms with Gasteiger partial charge in [0.05, 0.1) is 6.61 Å². The monoisotopic (exact) mass is 273 g/mol. The molecule has 1 N–H and O–H groups in total. The first-order chi connectivity index (χ1) is 9.58. The van der Waals surface area contributed by atoms with Crippen LogP contribution in [-0.2, 0) is 0 Å². The molecule has 1 aliphatic heterocycles. The average molecular weight is 273 g/mol. The maximum Gasteiger partial charge on any atom is 0.122 e. The molecule has 2 heteroatoms. The van der Waals surface area contributed by atoms with Crippen molar-refractivity contribution in [2.24, 2.45) is 11.3 Å². The number of rotatable bonds is 6. The normalized spacial score (nSPS) is 24.3. The smallest absolute Gasteiger partial charge is 0.122 e. The van der Waals surface area contributed by atoms with Gasteiger partial charge in [0, 0.05) is 24.1 Å². The van der Waals surface area contributed by atoms with Gasteiger partial charge >= 0.3 is 0 Å². The molecule has 1 heterocycles. The zero-order chi connectivity index (χ0) is 14.2. The molecule has 2 nitrogen and oxygen atoms in total. The highest BCUT2D eigenvalue weighted by Gasteiger charge is 2.43. The van der Waals surface area contributed by atoms with Crippen LogP contribution in [0.5, 0.6) is 5.75 Å². The molecule has 1 aromatic carbocycles. The quantitative estimate of drug-likeness (QED) is 0.847. The summed E-state index contributed by atoms with van der Waals surface area (Å²) < 4.78 is 5.86. The Hall–Kier alpha value is -1.02. The molecule has 1 aliphatic carbocycles. The lowest BCUT2D eigenvalue weighted by Gasteiger charge is -2.33. The van der Waals surface area contributed by atoms with Crippen molar-refractivity contribution in [1.29, 1.82) is 0 Å². The number of para-hydroxylation sites is 1. The van der Waals surface area contributed by atoms with E-state index < -0.39 is 0 Å². The molecule has 3 rings (SSSR count). The maximum absolute atomic E-state index is 5.86. The number of nitrogens with one attached hydrogen (secondary N) is 1. The third kappa shape index (κ3) is 2.85. The molecule has 1 fully saturated rings. The summed E-state index contributed by atoms with van der Waals surface area (Å²) in [6.45, 7) is 8.95. The van der Waals surface area contributed by atoms with Crippen LogP contribution in [0.1, 0.15) is 51.5 Å². The third-order valence-corrected chi connectivity index (χ3v) is 4.99. The highest BCUT2D eigenvalue weighted by Crippen LogP contribution is 2.51. The van der Waals surface area contributed by atoms with E-state index in [1.165, 1.54) is 24.8 Å². The molecule has 20 heavy (non-hydrogen) atoms. The summed E-state index contributed by atoms with van der Waals surface area (Å²) >= 11 is 0. The maximum atomic E-state index is 5.86.